The number of hydrogen-bond acceptors (Lipinski definition) is 4. The van der Waals surface area contributed by atoms with Crippen LogP contribution in [0.15, 0.2) is 66.7 Å². The quantitative estimate of drug-likeness (QED) is 0.388. The number of fused-ring (bicyclic) bond motifs is 1. The van der Waals surface area contributed by atoms with Crippen LogP contribution >= 0.6 is 0 Å². The maximum atomic E-state index is 13.2. The Labute approximate surface area is 215 Å². The van der Waals surface area contributed by atoms with E-state index in [2.05, 4.69) is 4.90 Å². The minimum Gasteiger partial charge on any atom is -0.508 e. The van der Waals surface area contributed by atoms with Gasteiger partial charge in [0.05, 0.1) is 5.56 Å². The van der Waals surface area contributed by atoms with Crippen molar-refractivity contribution < 1.29 is 27.8 Å². The van der Waals surface area contributed by atoms with Crippen LogP contribution in [0.5, 0.6) is 17.2 Å². The van der Waals surface area contributed by atoms with Crippen molar-refractivity contribution in [2.75, 3.05) is 26.2 Å². The third-order valence-corrected chi connectivity index (χ3v) is 7.50. The maximum Gasteiger partial charge on any atom is 0.416 e. The molecule has 0 amide bonds. The summed E-state index contributed by atoms with van der Waals surface area (Å²) in [6.45, 7) is 7.66. The highest BCUT2D eigenvalue weighted by Gasteiger charge is 2.45. The van der Waals surface area contributed by atoms with E-state index in [1.807, 2.05) is 44.2 Å². The number of benzene rings is 3. The van der Waals surface area contributed by atoms with E-state index < -0.39 is 17.3 Å². The second-order valence-electron chi connectivity index (χ2n) is 10.5. The molecule has 196 valence electrons. The van der Waals surface area contributed by atoms with Gasteiger partial charge >= 0.3 is 6.18 Å². The van der Waals surface area contributed by atoms with Gasteiger partial charge in [-0.3, -0.25) is 4.90 Å². The highest BCUT2D eigenvalue weighted by atomic mass is 19.4. The zero-order chi connectivity index (χ0) is 26.2. The molecule has 0 saturated carbocycles. The summed E-state index contributed by atoms with van der Waals surface area (Å²) >= 11 is 0. The van der Waals surface area contributed by atoms with Crippen LogP contribution in [-0.2, 0) is 6.18 Å². The molecular weight excluding hydrogens is 479 g/mol. The monoisotopic (exact) mass is 511 g/mol. The largest absolute Gasteiger partial charge is 0.508 e. The Morgan fingerprint density at radius 3 is 2.24 bits per heavy atom. The summed E-state index contributed by atoms with van der Waals surface area (Å²) < 4.78 is 52.0. The lowest BCUT2D eigenvalue weighted by Gasteiger charge is -2.45. The maximum absolute atomic E-state index is 13.2. The third-order valence-electron chi connectivity index (χ3n) is 7.50. The van der Waals surface area contributed by atoms with Crippen LogP contribution in [0.2, 0.25) is 0 Å². The molecule has 2 aliphatic rings. The molecule has 0 spiro atoms. The van der Waals surface area contributed by atoms with Gasteiger partial charge in [0.2, 0.25) is 0 Å². The van der Waals surface area contributed by atoms with E-state index in [0.717, 1.165) is 54.2 Å². The SMILES string of the molecule is CC1(C)Oc2cc(O)ccc2[C@@H](c2ccc(OCCN3CCCC3)cc2)[C@@H]1c1ccc(C(F)(F)F)cc1. The van der Waals surface area contributed by atoms with Crippen LogP contribution in [0.4, 0.5) is 13.2 Å². The van der Waals surface area contributed by atoms with Gasteiger partial charge in [-0.2, -0.15) is 13.2 Å². The van der Waals surface area contributed by atoms with Crippen molar-refractivity contribution in [2.24, 2.45) is 0 Å². The molecule has 3 aromatic rings. The number of phenols is 1. The Hall–Kier alpha value is -3.19. The summed E-state index contributed by atoms with van der Waals surface area (Å²) in [4.78, 5) is 2.40. The highest BCUT2D eigenvalue weighted by Crippen LogP contribution is 2.53. The molecule has 0 aliphatic carbocycles. The second-order valence-corrected chi connectivity index (χ2v) is 10.5. The minimum atomic E-state index is -4.40. The topological polar surface area (TPSA) is 41.9 Å². The van der Waals surface area contributed by atoms with Crippen LogP contribution in [0.3, 0.4) is 0 Å². The van der Waals surface area contributed by atoms with Crippen LogP contribution < -0.4 is 9.47 Å². The molecule has 2 atom stereocenters. The lowest BCUT2D eigenvalue weighted by molar-refractivity contribution is -0.137. The molecule has 1 N–H and O–H groups in total. The summed E-state index contributed by atoms with van der Waals surface area (Å²) in [5.41, 5.74) is 1.21. The molecule has 0 radical (unpaired) electrons. The number of likely N-dealkylation sites (tertiary alicyclic amines) is 1. The molecule has 4 nitrogen and oxygen atoms in total. The van der Waals surface area contributed by atoms with Crippen molar-refractivity contribution in [1.82, 2.24) is 4.90 Å². The summed E-state index contributed by atoms with van der Waals surface area (Å²) in [5.74, 6) is 0.988. The Kier molecular flexibility index (Phi) is 6.84. The van der Waals surface area contributed by atoms with Crippen molar-refractivity contribution in [3.63, 3.8) is 0 Å². The first kappa shape index (κ1) is 25.5. The van der Waals surface area contributed by atoms with Gasteiger partial charge in [0, 0.05) is 30.0 Å². The number of phenolic OH excluding ortho intramolecular Hbond substituents is 1. The van der Waals surface area contributed by atoms with Crippen LogP contribution in [0.1, 0.15) is 60.8 Å². The fourth-order valence-corrected chi connectivity index (χ4v) is 5.71. The Morgan fingerprint density at radius 1 is 0.946 bits per heavy atom. The Balaban J connectivity index is 1.47. The number of rotatable bonds is 6. The Morgan fingerprint density at radius 2 is 1.59 bits per heavy atom. The fourth-order valence-electron chi connectivity index (χ4n) is 5.71. The van der Waals surface area contributed by atoms with Crippen molar-refractivity contribution in [1.29, 1.82) is 0 Å². The third kappa shape index (κ3) is 5.42. The van der Waals surface area contributed by atoms with Crippen molar-refractivity contribution in [3.05, 3.63) is 89.0 Å². The van der Waals surface area contributed by atoms with E-state index in [1.54, 1.807) is 24.3 Å². The molecule has 5 rings (SSSR count). The smallest absolute Gasteiger partial charge is 0.416 e. The number of aromatic hydroxyl groups is 1. The average molecular weight is 512 g/mol. The normalized spacial score (nSPS) is 21.3. The van der Waals surface area contributed by atoms with Gasteiger partial charge in [0.1, 0.15) is 29.5 Å². The zero-order valence-electron chi connectivity index (χ0n) is 21.1. The van der Waals surface area contributed by atoms with Crippen molar-refractivity contribution >= 4 is 0 Å². The summed E-state index contributed by atoms with van der Waals surface area (Å²) in [6.07, 6.45) is -1.91. The van der Waals surface area contributed by atoms with Gasteiger partial charge in [0.15, 0.2) is 0 Å². The van der Waals surface area contributed by atoms with Crippen molar-refractivity contribution in [3.8, 4) is 17.2 Å². The van der Waals surface area contributed by atoms with E-state index in [1.165, 1.54) is 12.8 Å². The van der Waals surface area contributed by atoms with Crippen LogP contribution in [0, 0.1) is 0 Å². The van der Waals surface area contributed by atoms with Gasteiger partial charge in [-0.25, -0.2) is 0 Å². The predicted molar refractivity (Wildman–Crippen MR) is 136 cm³/mol. The number of nitrogens with zero attached hydrogens (tertiary/aromatic N) is 1. The lowest BCUT2D eigenvalue weighted by Crippen LogP contribution is -2.43. The van der Waals surface area contributed by atoms with E-state index in [0.29, 0.717) is 12.4 Å². The molecule has 3 aromatic carbocycles. The highest BCUT2D eigenvalue weighted by molar-refractivity contribution is 5.52. The van der Waals surface area contributed by atoms with Gasteiger partial charge < -0.3 is 14.6 Å². The standard InChI is InChI=1S/C30H32F3NO3/c1-29(2)28(21-5-9-22(10-6-21)30(31,32)33)27(25-14-11-23(35)19-26(25)37-29)20-7-12-24(13-8-20)36-18-17-34-15-3-4-16-34/h5-14,19,27-28,35H,3-4,15-18H2,1-2H3/t27-,28+/m1/s1. The van der Waals surface area contributed by atoms with Crippen LogP contribution in [-0.4, -0.2) is 41.8 Å². The number of alkyl halides is 3. The molecule has 0 unspecified atom stereocenters. The number of hydrogen-bond donors (Lipinski definition) is 1. The number of ether oxygens (including phenoxy) is 2. The van der Waals surface area contributed by atoms with Gasteiger partial charge in [-0.15, -0.1) is 0 Å². The van der Waals surface area contributed by atoms with Crippen molar-refractivity contribution in [2.45, 2.75) is 50.3 Å². The van der Waals surface area contributed by atoms with E-state index >= 15 is 0 Å². The van der Waals surface area contributed by atoms with E-state index in [-0.39, 0.29) is 17.6 Å². The molecule has 2 heterocycles. The second kappa shape index (κ2) is 9.93. The molecule has 1 saturated heterocycles. The molecule has 0 bridgehead atoms. The average Bonchev–Trinajstić information content (AvgIpc) is 3.36. The first-order chi connectivity index (χ1) is 17.6. The number of halogens is 3. The summed E-state index contributed by atoms with van der Waals surface area (Å²) in [7, 11) is 0. The zero-order valence-corrected chi connectivity index (χ0v) is 21.1. The lowest BCUT2D eigenvalue weighted by atomic mass is 9.68. The van der Waals surface area contributed by atoms with E-state index in [4.69, 9.17) is 9.47 Å². The summed E-state index contributed by atoms with van der Waals surface area (Å²) in [6, 6.07) is 18.4. The Bertz CT molecular complexity index is 1220. The van der Waals surface area contributed by atoms with Gasteiger partial charge in [-0.05, 0) is 81.2 Å². The molecule has 7 heteroatoms. The molecule has 0 aromatic heterocycles. The predicted octanol–water partition coefficient (Wildman–Crippen LogP) is 6.97. The van der Waals surface area contributed by atoms with Crippen LogP contribution in [0.25, 0.3) is 0 Å². The van der Waals surface area contributed by atoms with Gasteiger partial charge in [-0.1, -0.05) is 30.3 Å². The molecule has 37 heavy (non-hydrogen) atoms. The van der Waals surface area contributed by atoms with Gasteiger partial charge in [0.25, 0.3) is 0 Å². The minimum absolute atomic E-state index is 0.100. The molecule has 1 fully saturated rings. The molecular formula is C30H32F3NO3. The molecule has 2 aliphatic heterocycles. The fraction of sp³-hybridized carbons (Fsp3) is 0.400. The summed E-state index contributed by atoms with van der Waals surface area (Å²) in [5, 5.41) is 10.1. The first-order valence-corrected chi connectivity index (χ1v) is 12.8. The van der Waals surface area contributed by atoms with E-state index in [9.17, 15) is 18.3 Å². The first-order valence-electron chi connectivity index (χ1n) is 12.8.